The molecule has 0 amide bonds. The van der Waals surface area contributed by atoms with Crippen LogP contribution in [-0.2, 0) is 0 Å². The molecule has 0 saturated heterocycles. The third kappa shape index (κ3) is 2.45. The molecular weight excluding hydrogens is 265 g/mol. The molecule has 0 aliphatic heterocycles. The Hall–Kier alpha value is -2.46. The summed E-state index contributed by atoms with van der Waals surface area (Å²) >= 11 is 0. The normalized spacial score (nSPS) is 12.3. The fraction of sp³-hybridized carbons (Fsp3) is 0.118. The van der Waals surface area contributed by atoms with Crippen LogP contribution in [0, 0.1) is 12.7 Å². The van der Waals surface area contributed by atoms with Crippen molar-refractivity contribution in [3.63, 3.8) is 0 Å². The number of nitrogens with two attached hydrogens (primary N) is 1. The molecule has 2 N–H and O–H groups in total. The van der Waals surface area contributed by atoms with Crippen molar-refractivity contribution in [2.45, 2.75) is 13.0 Å². The number of halogens is 1. The van der Waals surface area contributed by atoms with Gasteiger partial charge in [0.1, 0.15) is 5.82 Å². The minimum Gasteiger partial charge on any atom is -0.319 e. The molecule has 1 atom stereocenters. The van der Waals surface area contributed by atoms with Crippen LogP contribution < -0.4 is 5.73 Å². The van der Waals surface area contributed by atoms with Gasteiger partial charge in [-0.2, -0.15) is 5.10 Å². The van der Waals surface area contributed by atoms with Crippen LogP contribution in [0.5, 0.6) is 0 Å². The maximum atomic E-state index is 14.3. The second kappa shape index (κ2) is 5.50. The van der Waals surface area contributed by atoms with Crippen LogP contribution in [0.2, 0.25) is 0 Å². The van der Waals surface area contributed by atoms with Crippen LogP contribution in [0.1, 0.15) is 22.9 Å². The maximum absolute atomic E-state index is 14.3. The van der Waals surface area contributed by atoms with Crippen LogP contribution in [0.15, 0.2) is 60.8 Å². The molecule has 4 heteroatoms. The third-order valence-corrected chi connectivity index (χ3v) is 3.55. The van der Waals surface area contributed by atoms with Crippen LogP contribution in [-0.4, -0.2) is 9.78 Å². The fourth-order valence-corrected chi connectivity index (χ4v) is 2.40. The van der Waals surface area contributed by atoms with Gasteiger partial charge in [-0.1, -0.05) is 36.4 Å². The van der Waals surface area contributed by atoms with Crippen molar-refractivity contribution in [3.8, 4) is 5.69 Å². The highest BCUT2D eigenvalue weighted by Crippen LogP contribution is 2.25. The van der Waals surface area contributed by atoms with Gasteiger partial charge in [0.25, 0.3) is 0 Å². The maximum Gasteiger partial charge on any atom is 0.131 e. The molecule has 0 aliphatic rings. The number of nitrogens with zero attached hydrogens (tertiary/aromatic N) is 2. The summed E-state index contributed by atoms with van der Waals surface area (Å²) in [5, 5.41) is 4.30. The molecule has 0 fully saturated rings. The lowest BCUT2D eigenvalue weighted by Crippen LogP contribution is -2.18. The summed E-state index contributed by atoms with van der Waals surface area (Å²) in [6, 6.07) is 16.2. The van der Waals surface area contributed by atoms with Crippen LogP contribution in [0.25, 0.3) is 5.69 Å². The topological polar surface area (TPSA) is 43.8 Å². The molecule has 3 aromatic rings. The summed E-state index contributed by atoms with van der Waals surface area (Å²) in [4.78, 5) is 0. The molecule has 0 radical (unpaired) electrons. The SMILES string of the molecule is Cc1cccc(C(N)c2ccnn2-c2ccccc2)c1F. The molecule has 1 aromatic heterocycles. The van der Waals surface area contributed by atoms with Gasteiger partial charge in [-0.05, 0) is 30.7 Å². The van der Waals surface area contributed by atoms with Crippen molar-refractivity contribution < 1.29 is 4.39 Å². The first-order chi connectivity index (χ1) is 10.2. The van der Waals surface area contributed by atoms with Gasteiger partial charge < -0.3 is 5.73 Å². The van der Waals surface area contributed by atoms with Crippen molar-refractivity contribution in [3.05, 3.63) is 83.4 Å². The lowest BCUT2D eigenvalue weighted by molar-refractivity contribution is 0.584. The zero-order chi connectivity index (χ0) is 14.8. The molecule has 2 aromatic carbocycles. The van der Waals surface area contributed by atoms with E-state index >= 15 is 0 Å². The van der Waals surface area contributed by atoms with Crippen LogP contribution in [0.4, 0.5) is 4.39 Å². The van der Waals surface area contributed by atoms with E-state index in [4.69, 9.17) is 5.73 Å². The molecule has 1 unspecified atom stereocenters. The smallest absolute Gasteiger partial charge is 0.131 e. The number of aryl methyl sites for hydroxylation is 1. The lowest BCUT2D eigenvalue weighted by atomic mass is 10.0. The first-order valence-corrected chi connectivity index (χ1v) is 6.78. The summed E-state index contributed by atoms with van der Waals surface area (Å²) < 4.78 is 16.0. The molecule has 0 bridgehead atoms. The standard InChI is InChI=1S/C17H16FN3/c1-12-6-5-9-14(16(12)18)17(19)15-10-11-20-21(15)13-7-3-2-4-8-13/h2-11,17H,19H2,1H3. The quantitative estimate of drug-likeness (QED) is 0.800. The highest BCUT2D eigenvalue weighted by molar-refractivity contribution is 5.37. The number of para-hydroxylation sites is 1. The van der Waals surface area contributed by atoms with Crippen molar-refractivity contribution >= 4 is 0 Å². The average Bonchev–Trinajstić information content (AvgIpc) is 3.00. The minimum absolute atomic E-state index is 0.259. The van der Waals surface area contributed by atoms with E-state index in [-0.39, 0.29) is 5.82 Å². The molecule has 21 heavy (non-hydrogen) atoms. The first kappa shape index (κ1) is 13.5. The average molecular weight is 281 g/mol. The summed E-state index contributed by atoms with van der Waals surface area (Å²) in [7, 11) is 0. The minimum atomic E-state index is -0.562. The largest absolute Gasteiger partial charge is 0.319 e. The Morgan fingerprint density at radius 2 is 1.81 bits per heavy atom. The summed E-state index contributed by atoms with van der Waals surface area (Å²) in [6.07, 6.45) is 1.68. The van der Waals surface area contributed by atoms with Crippen molar-refractivity contribution in [2.24, 2.45) is 5.73 Å². The highest BCUT2D eigenvalue weighted by atomic mass is 19.1. The van der Waals surface area contributed by atoms with Gasteiger partial charge in [0.05, 0.1) is 17.4 Å². The number of rotatable bonds is 3. The van der Waals surface area contributed by atoms with Gasteiger partial charge in [-0.3, -0.25) is 0 Å². The number of benzene rings is 2. The number of hydrogen-bond acceptors (Lipinski definition) is 2. The van der Waals surface area contributed by atoms with Crippen LogP contribution >= 0.6 is 0 Å². The molecule has 3 nitrogen and oxygen atoms in total. The van der Waals surface area contributed by atoms with E-state index in [1.165, 1.54) is 0 Å². The zero-order valence-electron chi connectivity index (χ0n) is 11.7. The van der Waals surface area contributed by atoms with E-state index < -0.39 is 6.04 Å². The van der Waals surface area contributed by atoms with E-state index in [1.54, 1.807) is 29.9 Å². The summed E-state index contributed by atoms with van der Waals surface area (Å²) in [6.45, 7) is 1.74. The van der Waals surface area contributed by atoms with Crippen molar-refractivity contribution in [1.82, 2.24) is 9.78 Å². The molecular formula is C17H16FN3. The van der Waals surface area contributed by atoms with Crippen molar-refractivity contribution in [1.29, 1.82) is 0 Å². The lowest BCUT2D eigenvalue weighted by Gasteiger charge is -2.16. The van der Waals surface area contributed by atoms with Crippen LogP contribution in [0.3, 0.4) is 0 Å². The fourth-order valence-electron chi connectivity index (χ4n) is 2.40. The third-order valence-electron chi connectivity index (χ3n) is 3.55. The Balaban J connectivity index is 2.06. The van der Waals surface area contributed by atoms with E-state index in [9.17, 15) is 4.39 Å². The van der Waals surface area contributed by atoms with E-state index in [0.717, 1.165) is 11.4 Å². The molecule has 0 aliphatic carbocycles. The molecule has 0 spiro atoms. The van der Waals surface area contributed by atoms with E-state index in [2.05, 4.69) is 5.10 Å². The highest BCUT2D eigenvalue weighted by Gasteiger charge is 2.19. The first-order valence-electron chi connectivity index (χ1n) is 6.78. The summed E-state index contributed by atoms with van der Waals surface area (Å²) in [5.74, 6) is -0.259. The Kier molecular flexibility index (Phi) is 3.54. The number of aromatic nitrogens is 2. The van der Waals surface area contributed by atoms with Gasteiger partial charge >= 0.3 is 0 Å². The zero-order valence-corrected chi connectivity index (χ0v) is 11.7. The molecule has 106 valence electrons. The predicted molar refractivity (Wildman–Crippen MR) is 80.7 cm³/mol. The van der Waals surface area contributed by atoms with Gasteiger partial charge in [0.2, 0.25) is 0 Å². The van der Waals surface area contributed by atoms with E-state index in [1.807, 2.05) is 42.5 Å². The second-order valence-corrected chi connectivity index (χ2v) is 4.96. The second-order valence-electron chi connectivity index (χ2n) is 4.96. The van der Waals surface area contributed by atoms with Gasteiger partial charge in [0.15, 0.2) is 0 Å². The Morgan fingerprint density at radius 3 is 2.57 bits per heavy atom. The van der Waals surface area contributed by atoms with Gasteiger partial charge in [-0.15, -0.1) is 0 Å². The van der Waals surface area contributed by atoms with Crippen molar-refractivity contribution in [2.75, 3.05) is 0 Å². The number of hydrogen-bond donors (Lipinski definition) is 1. The molecule has 3 rings (SSSR count). The van der Waals surface area contributed by atoms with E-state index in [0.29, 0.717) is 11.1 Å². The Morgan fingerprint density at radius 1 is 1.05 bits per heavy atom. The van der Waals surface area contributed by atoms with Gasteiger partial charge in [-0.25, -0.2) is 9.07 Å². The Labute approximate surface area is 122 Å². The summed E-state index contributed by atoms with van der Waals surface area (Å²) in [5.41, 5.74) is 9.00. The molecule has 1 heterocycles. The van der Waals surface area contributed by atoms with Gasteiger partial charge in [0, 0.05) is 11.8 Å². The Bertz CT molecular complexity index is 750. The predicted octanol–water partition coefficient (Wildman–Crippen LogP) is 3.37. The molecule has 0 saturated carbocycles. The monoisotopic (exact) mass is 281 g/mol.